The number of hydrogen-bond acceptors (Lipinski definition) is 3. The average Bonchev–Trinajstić information content (AvgIpc) is 3.10. The van der Waals surface area contributed by atoms with Gasteiger partial charge in [-0.25, -0.2) is 0 Å². The number of benzene rings is 1. The normalized spacial score (nSPS) is 17.6. The van der Waals surface area contributed by atoms with E-state index in [1.807, 2.05) is 6.07 Å². The molecule has 0 aliphatic heterocycles. The highest BCUT2D eigenvalue weighted by Crippen LogP contribution is 2.48. The van der Waals surface area contributed by atoms with Crippen molar-refractivity contribution in [2.24, 2.45) is 16.3 Å². The summed E-state index contributed by atoms with van der Waals surface area (Å²) in [5.74, 6) is 0.320. The van der Waals surface area contributed by atoms with Crippen LogP contribution in [0.5, 0.6) is 0 Å². The van der Waals surface area contributed by atoms with Gasteiger partial charge in [0.2, 0.25) is 0 Å². The van der Waals surface area contributed by atoms with Crippen LogP contribution in [0.2, 0.25) is 0 Å². The van der Waals surface area contributed by atoms with Crippen molar-refractivity contribution in [3.8, 4) is 0 Å². The molecule has 1 aromatic carbocycles. The van der Waals surface area contributed by atoms with Crippen molar-refractivity contribution in [2.75, 3.05) is 11.9 Å². The SMILES string of the molecule is Cc1ccc(Br)cc1NCC1(CC(N)=NO)CC1. The molecular weight excluding hydrogens is 294 g/mol. The summed E-state index contributed by atoms with van der Waals surface area (Å²) in [7, 11) is 0. The van der Waals surface area contributed by atoms with E-state index in [1.165, 1.54) is 5.56 Å². The van der Waals surface area contributed by atoms with E-state index in [2.05, 4.69) is 45.5 Å². The summed E-state index contributed by atoms with van der Waals surface area (Å²) in [6.07, 6.45) is 2.91. The Balaban J connectivity index is 1.97. The minimum Gasteiger partial charge on any atom is -0.409 e. The molecule has 0 spiro atoms. The minimum atomic E-state index is 0.172. The van der Waals surface area contributed by atoms with E-state index >= 15 is 0 Å². The predicted octanol–water partition coefficient (Wildman–Crippen LogP) is 3.09. The summed E-state index contributed by atoms with van der Waals surface area (Å²) < 4.78 is 1.07. The second-order valence-corrected chi connectivity index (χ2v) is 6.00. The Morgan fingerprint density at radius 3 is 2.89 bits per heavy atom. The Labute approximate surface area is 115 Å². The summed E-state index contributed by atoms with van der Waals surface area (Å²) >= 11 is 3.47. The Kier molecular flexibility index (Phi) is 3.80. The predicted molar refractivity (Wildman–Crippen MR) is 77.1 cm³/mol. The van der Waals surface area contributed by atoms with E-state index in [-0.39, 0.29) is 5.41 Å². The maximum absolute atomic E-state index is 8.63. The average molecular weight is 312 g/mol. The minimum absolute atomic E-state index is 0.172. The highest BCUT2D eigenvalue weighted by molar-refractivity contribution is 9.10. The zero-order valence-corrected chi connectivity index (χ0v) is 12.0. The Morgan fingerprint density at radius 2 is 2.28 bits per heavy atom. The van der Waals surface area contributed by atoms with E-state index < -0.39 is 0 Å². The van der Waals surface area contributed by atoms with E-state index in [1.54, 1.807) is 0 Å². The van der Waals surface area contributed by atoms with Gasteiger partial charge in [0, 0.05) is 23.1 Å². The molecule has 98 valence electrons. The van der Waals surface area contributed by atoms with Gasteiger partial charge in [-0.2, -0.15) is 0 Å². The number of nitrogens with two attached hydrogens (primary N) is 1. The monoisotopic (exact) mass is 311 g/mol. The fourth-order valence-electron chi connectivity index (χ4n) is 2.08. The number of nitrogens with one attached hydrogen (secondary N) is 1. The van der Waals surface area contributed by atoms with Gasteiger partial charge in [0.15, 0.2) is 0 Å². The molecule has 0 bridgehead atoms. The number of anilines is 1. The first-order valence-electron chi connectivity index (χ1n) is 6.01. The molecule has 1 fully saturated rings. The molecule has 0 atom stereocenters. The largest absolute Gasteiger partial charge is 0.409 e. The van der Waals surface area contributed by atoms with Crippen LogP contribution in [0, 0.1) is 12.3 Å². The lowest BCUT2D eigenvalue weighted by atomic mass is 10.0. The Hall–Kier alpha value is -1.23. The zero-order valence-electron chi connectivity index (χ0n) is 10.4. The third-order valence-electron chi connectivity index (χ3n) is 3.50. The summed E-state index contributed by atoms with van der Waals surface area (Å²) in [6.45, 7) is 2.94. The highest BCUT2D eigenvalue weighted by atomic mass is 79.9. The molecule has 1 aliphatic carbocycles. The van der Waals surface area contributed by atoms with Crippen molar-refractivity contribution in [3.05, 3.63) is 28.2 Å². The molecule has 2 rings (SSSR count). The number of aryl methyl sites for hydroxylation is 1. The molecule has 0 aromatic heterocycles. The third-order valence-corrected chi connectivity index (χ3v) is 3.99. The van der Waals surface area contributed by atoms with Gasteiger partial charge in [-0.3, -0.25) is 0 Å². The van der Waals surface area contributed by atoms with Crippen molar-refractivity contribution in [1.82, 2.24) is 0 Å². The third kappa shape index (κ3) is 3.16. The lowest BCUT2D eigenvalue weighted by Gasteiger charge is -2.17. The molecule has 5 heteroatoms. The zero-order chi connectivity index (χ0) is 13.2. The molecule has 0 radical (unpaired) electrons. The van der Waals surface area contributed by atoms with Crippen LogP contribution in [0.25, 0.3) is 0 Å². The number of nitrogens with zero attached hydrogens (tertiary/aromatic N) is 1. The first kappa shape index (κ1) is 13.2. The number of amidine groups is 1. The van der Waals surface area contributed by atoms with Crippen LogP contribution >= 0.6 is 15.9 Å². The number of rotatable bonds is 5. The van der Waals surface area contributed by atoms with Gasteiger partial charge in [-0.1, -0.05) is 27.2 Å². The van der Waals surface area contributed by atoms with Crippen LogP contribution in [0.4, 0.5) is 5.69 Å². The highest BCUT2D eigenvalue weighted by Gasteiger charge is 2.43. The molecule has 4 N–H and O–H groups in total. The van der Waals surface area contributed by atoms with Gasteiger partial charge in [0.1, 0.15) is 5.84 Å². The maximum Gasteiger partial charge on any atom is 0.139 e. The summed E-state index contributed by atoms with van der Waals surface area (Å²) in [5.41, 5.74) is 8.11. The molecule has 4 nitrogen and oxygen atoms in total. The fourth-order valence-corrected chi connectivity index (χ4v) is 2.44. The summed E-state index contributed by atoms with van der Waals surface area (Å²) in [6, 6.07) is 6.19. The van der Waals surface area contributed by atoms with E-state index in [0.29, 0.717) is 12.3 Å². The lowest BCUT2D eigenvalue weighted by molar-refractivity contribution is 0.315. The number of halogens is 1. The second-order valence-electron chi connectivity index (χ2n) is 5.08. The van der Waals surface area contributed by atoms with Gasteiger partial charge in [0.25, 0.3) is 0 Å². The van der Waals surface area contributed by atoms with Crippen molar-refractivity contribution in [3.63, 3.8) is 0 Å². The van der Waals surface area contributed by atoms with Gasteiger partial charge < -0.3 is 16.3 Å². The smallest absolute Gasteiger partial charge is 0.139 e. The Morgan fingerprint density at radius 1 is 1.56 bits per heavy atom. The van der Waals surface area contributed by atoms with Crippen LogP contribution in [-0.4, -0.2) is 17.6 Å². The fraction of sp³-hybridized carbons (Fsp3) is 0.462. The number of hydrogen-bond donors (Lipinski definition) is 3. The van der Waals surface area contributed by atoms with E-state index in [0.717, 1.165) is 29.5 Å². The second kappa shape index (κ2) is 5.18. The summed E-state index contributed by atoms with van der Waals surface area (Å²) in [4.78, 5) is 0. The molecule has 0 heterocycles. The van der Waals surface area contributed by atoms with Crippen molar-refractivity contribution >= 4 is 27.5 Å². The first-order chi connectivity index (χ1) is 8.54. The maximum atomic E-state index is 8.63. The van der Waals surface area contributed by atoms with Crippen LogP contribution < -0.4 is 11.1 Å². The molecule has 18 heavy (non-hydrogen) atoms. The van der Waals surface area contributed by atoms with E-state index in [4.69, 9.17) is 10.9 Å². The Bertz CT molecular complexity index is 469. The quantitative estimate of drug-likeness (QED) is 0.339. The van der Waals surface area contributed by atoms with Crippen molar-refractivity contribution in [2.45, 2.75) is 26.2 Å². The summed E-state index contributed by atoms with van der Waals surface area (Å²) in [5, 5.41) is 15.2. The molecule has 0 saturated heterocycles. The van der Waals surface area contributed by atoms with E-state index in [9.17, 15) is 0 Å². The molecule has 1 aromatic rings. The molecule has 1 aliphatic rings. The van der Waals surface area contributed by atoms with Gasteiger partial charge in [-0.05, 0) is 42.9 Å². The van der Waals surface area contributed by atoms with Gasteiger partial charge in [0.05, 0.1) is 0 Å². The van der Waals surface area contributed by atoms with Crippen LogP contribution in [0.3, 0.4) is 0 Å². The molecule has 0 amide bonds. The topological polar surface area (TPSA) is 70.6 Å². The molecule has 0 unspecified atom stereocenters. The van der Waals surface area contributed by atoms with Gasteiger partial charge in [-0.15, -0.1) is 0 Å². The lowest BCUT2D eigenvalue weighted by Crippen LogP contribution is -2.23. The van der Waals surface area contributed by atoms with Crippen molar-refractivity contribution < 1.29 is 5.21 Å². The number of oxime groups is 1. The van der Waals surface area contributed by atoms with Crippen LogP contribution in [0.15, 0.2) is 27.8 Å². The van der Waals surface area contributed by atoms with Crippen LogP contribution in [-0.2, 0) is 0 Å². The standard InChI is InChI=1S/C13H18BrN3O/c1-9-2-3-10(14)6-11(9)16-8-13(4-5-13)7-12(15)17-18/h2-3,6,16,18H,4-5,7-8H2,1H3,(H2,15,17). The van der Waals surface area contributed by atoms with Crippen molar-refractivity contribution in [1.29, 1.82) is 0 Å². The van der Waals surface area contributed by atoms with Crippen LogP contribution in [0.1, 0.15) is 24.8 Å². The first-order valence-corrected chi connectivity index (χ1v) is 6.80. The molecule has 1 saturated carbocycles. The molecular formula is C13H18BrN3O. The van der Waals surface area contributed by atoms with Gasteiger partial charge >= 0.3 is 0 Å².